The van der Waals surface area contributed by atoms with Gasteiger partial charge in [-0.05, 0) is 49.4 Å². The Bertz CT molecular complexity index is 653. The SMILES string of the molecule is CC1CCN(C(=O)CCCN(C)S(=O)(=O)c2ccc(F)cc2)CC1. The average molecular weight is 356 g/mol. The molecule has 0 bridgehead atoms. The van der Waals surface area contributed by atoms with E-state index in [2.05, 4.69) is 6.92 Å². The highest BCUT2D eigenvalue weighted by Gasteiger charge is 2.22. The van der Waals surface area contributed by atoms with Gasteiger partial charge in [0.25, 0.3) is 0 Å². The smallest absolute Gasteiger partial charge is 0.242 e. The minimum absolute atomic E-state index is 0.0581. The Balaban J connectivity index is 1.83. The van der Waals surface area contributed by atoms with Gasteiger partial charge in [0.2, 0.25) is 15.9 Å². The van der Waals surface area contributed by atoms with Crippen molar-refractivity contribution in [3.8, 4) is 0 Å². The number of benzene rings is 1. The number of piperidine rings is 1. The van der Waals surface area contributed by atoms with Crippen LogP contribution in [0, 0.1) is 11.7 Å². The number of likely N-dealkylation sites (tertiary alicyclic amines) is 1. The van der Waals surface area contributed by atoms with Crippen molar-refractivity contribution in [2.75, 3.05) is 26.7 Å². The molecule has 0 atom stereocenters. The van der Waals surface area contributed by atoms with Crippen molar-refractivity contribution < 1.29 is 17.6 Å². The second kappa shape index (κ2) is 8.07. The Kier molecular flexibility index (Phi) is 6.34. The highest BCUT2D eigenvalue weighted by molar-refractivity contribution is 7.89. The summed E-state index contributed by atoms with van der Waals surface area (Å²) in [7, 11) is -2.17. The zero-order valence-corrected chi connectivity index (χ0v) is 15.1. The normalized spacial score (nSPS) is 16.6. The molecule has 1 aromatic carbocycles. The summed E-state index contributed by atoms with van der Waals surface area (Å²) in [5.41, 5.74) is 0. The maximum absolute atomic E-state index is 12.9. The molecule has 7 heteroatoms. The fourth-order valence-corrected chi connectivity index (χ4v) is 3.99. The maximum Gasteiger partial charge on any atom is 0.242 e. The molecular weight excluding hydrogens is 331 g/mol. The second-order valence-electron chi connectivity index (χ2n) is 6.45. The molecule has 24 heavy (non-hydrogen) atoms. The van der Waals surface area contributed by atoms with Gasteiger partial charge in [-0.1, -0.05) is 6.92 Å². The molecule has 1 amide bonds. The van der Waals surface area contributed by atoms with Gasteiger partial charge in [0.1, 0.15) is 5.82 Å². The molecule has 0 N–H and O–H groups in total. The molecule has 0 aliphatic carbocycles. The van der Waals surface area contributed by atoms with E-state index in [9.17, 15) is 17.6 Å². The van der Waals surface area contributed by atoms with Crippen LogP contribution in [0.4, 0.5) is 4.39 Å². The van der Waals surface area contributed by atoms with Crippen molar-refractivity contribution in [2.24, 2.45) is 5.92 Å². The van der Waals surface area contributed by atoms with Gasteiger partial charge in [-0.3, -0.25) is 4.79 Å². The topological polar surface area (TPSA) is 57.7 Å². The molecule has 5 nitrogen and oxygen atoms in total. The number of nitrogens with zero attached hydrogens (tertiary/aromatic N) is 2. The van der Waals surface area contributed by atoms with E-state index in [-0.39, 0.29) is 17.3 Å². The summed E-state index contributed by atoms with van der Waals surface area (Å²) in [6.07, 6.45) is 2.88. The van der Waals surface area contributed by atoms with Crippen molar-refractivity contribution >= 4 is 15.9 Å². The lowest BCUT2D eigenvalue weighted by atomic mass is 9.99. The van der Waals surface area contributed by atoms with E-state index in [4.69, 9.17) is 0 Å². The van der Waals surface area contributed by atoms with Crippen LogP contribution in [-0.2, 0) is 14.8 Å². The first-order chi connectivity index (χ1) is 11.3. The number of hydrogen-bond acceptors (Lipinski definition) is 3. The van der Waals surface area contributed by atoms with Gasteiger partial charge in [-0.25, -0.2) is 17.1 Å². The molecule has 1 fully saturated rings. The maximum atomic E-state index is 12.9. The van der Waals surface area contributed by atoms with Gasteiger partial charge in [0, 0.05) is 33.1 Å². The summed E-state index contributed by atoms with van der Waals surface area (Å²) in [4.78, 5) is 14.1. The van der Waals surface area contributed by atoms with Gasteiger partial charge < -0.3 is 4.90 Å². The van der Waals surface area contributed by atoms with E-state index in [1.807, 2.05) is 4.90 Å². The van der Waals surface area contributed by atoms with E-state index in [1.54, 1.807) is 0 Å². The van der Waals surface area contributed by atoms with Crippen LogP contribution < -0.4 is 0 Å². The standard InChI is InChI=1S/C17H25FN2O3S/c1-14-9-12-20(13-10-14)17(21)4-3-11-19(2)24(22,23)16-7-5-15(18)6-8-16/h5-8,14H,3-4,9-13H2,1-2H3. The van der Waals surface area contributed by atoms with Crippen LogP contribution in [0.2, 0.25) is 0 Å². The molecule has 0 aromatic heterocycles. The minimum atomic E-state index is -3.64. The Morgan fingerprint density at radius 1 is 1.25 bits per heavy atom. The van der Waals surface area contributed by atoms with Gasteiger partial charge in [-0.15, -0.1) is 0 Å². The molecule has 0 radical (unpaired) electrons. The Morgan fingerprint density at radius 3 is 2.42 bits per heavy atom. The Morgan fingerprint density at radius 2 is 1.83 bits per heavy atom. The molecule has 1 aliphatic heterocycles. The van der Waals surface area contributed by atoms with Crippen molar-refractivity contribution in [1.29, 1.82) is 0 Å². The molecule has 134 valence electrons. The quantitative estimate of drug-likeness (QED) is 0.787. The molecule has 2 rings (SSSR count). The predicted molar refractivity (Wildman–Crippen MR) is 90.4 cm³/mol. The van der Waals surface area contributed by atoms with E-state index >= 15 is 0 Å². The Labute approximate surface area is 143 Å². The van der Waals surface area contributed by atoms with Crippen LogP contribution in [0.5, 0.6) is 0 Å². The fourth-order valence-electron chi connectivity index (χ4n) is 2.78. The first-order valence-electron chi connectivity index (χ1n) is 8.30. The van der Waals surface area contributed by atoms with Gasteiger partial charge in [0.05, 0.1) is 4.90 Å². The Hall–Kier alpha value is -1.47. The summed E-state index contributed by atoms with van der Waals surface area (Å²) >= 11 is 0. The summed E-state index contributed by atoms with van der Waals surface area (Å²) in [6, 6.07) is 4.76. The summed E-state index contributed by atoms with van der Waals surface area (Å²) in [6.45, 7) is 4.04. The lowest BCUT2D eigenvalue weighted by Gasteiger charge is -2.30. The molecule has 0 unspecified atom stereocenters. The lowest BCUT2D eigenvalue weighted by molar-refractivity contribution is -0.132. The van der Waals surface area contributed by atoms with E-state index in [0.717, 1.165) is 38.1 Å². The van der Waals surface area contributed by atoms with Gasteiger partial charge >= 0.3 is 0 Å². The monoisotopic (exact) mass is 356 g/mol. The number of halogens is 1. The van der Waals surface area contributed by atoms with E-state index in [0.29, 0.717) is 18.8 Å². The highest BCUT2D eigenvalue weighted by Crippen LogP contribution is 2.18. The largest absolute Gasteiger partial charge is 0.343 e. The highest BCUT2D eigenvalue weighted by atomic mass is 32.2. The summed E-state index contributed by atoms with van der Waals surface area (Å²) in [5.74, 6) is 0.286. The molecule has 1 aliphatic rings. The second-order valence-corrected chi connectivity index (χ2v) is 8.49. The van der Waals surface area contributed by atoms with Crippen LogP contribution in [0.15, 0.2) is 29.2 Å². The molecule has 1 aromatic rings. The number of carbonyl (C=O) groups is 1. The van der Waals surface area contributed by atoms with Crippen LogP contribution in [-0.4, -0.2) is 50.2 Å². The molecular formula is C17H25FN2O3S. The number of amides is 1. The fraction of sp³-hybridized carbons (Fsp3) is 0.588. The third-order valence-electron chi connectivity index (χ3n) is 4.52. The zero-order valence-electron chi connectivity index (χ0n) is 14.2. The first-order valence-corrected chi connectivity index (χ1v) is 9.74. The van der Waals surface area contributed by atoms with Crippen LogP contribution >= 0.6 is 0 Å². The summed E-state index contributed by atoms with van der Waals surface area (Å²) in [5, 5.41) is 0. The number of rotatable bonds is 6. The predicted octanol–water partition coefficient (Wildman–Crippen LogP) is 2.48. The third kappa shape index (κ3) is 4.77. The van der Waals surface area contributed by atoms with E-state index < -0.39 is 15.8 Å². The average Bonchev–Trinajstić information content (AvgIpc) is 2.55. The van der Waals surface area contributed by atoms with Crippen molar-refractivity contribution in [2.45, 2.75) is 37.5 Å². The third-order valence-corrected chi connectivity index (χ3v) is 6.39. The molecule has 1 saturated heterocycles. The molecule has 1 heterocycles. The summed E-state index contributed by atoms with van der Waals surface area (Å²) < 4.78 is 38.9. The van der Waals surface area contributed by atoms with Crippen LogP contribution in [0.25, 0.3) is 0 Å². The molecule has 0 saturated carbocycles. The number of carbonyl (C=O) groups excluding carboxylic acids is 1. The minimum Gasteiger partial charge on any atom is -0.343 e. The van der Waals surface area contributed by atoms with Crippen LogP contribution in [0.1, 0.15) is 32.6 Å². The molecule has 0 spiro atoms. The van der Waals surface area contributed by atoms with Crippen LogP contribution in [0.3, 0.4) is 0 Å². The number of hydrogen-bond donors (Lipinski definition) is 0. The first kappa shape index (κ1) is 18.9. The number of sulfonamides is 1. The van der Waals surface area contributed by atoms with Crippen molar-refractivity contribution in [3.05, 3.63) is 30.1 Å². The lowest BCUT2D eigenvalue weighted by Crippen LogP contribution is -2.38. The van der Waals surface area contributed by atoms with Crippen molar-refractivity contribution in [3.63, 3.8) is 0 Å². The van der Waals surface area contributed by atoms with Crippen molar-refractivity contribution in [1.82, 2.24) is 9.21 Å². The van der Waals surface area contributed by atoms with Gasteiger partial charge in [0.15, 0.2) is 0 Å². The zero-order chi connectivity index (χ0) is 17.7. The van der Waals surface area contributed by atoms with E-state index in [1.165, 1.54) is 23.5 Å². The van der Waals surface area contributed by atoms with Gasteiger partial charge in [-0.2, -0.15) is 0 Å².